The number of benzene rings is 3. The molecule has 0 aliphatic carbocycles. The Balaban J connectivity index is 1.92. The van der Waals surface area contributed by atoms with E-state index in [0.717, 1.165) is 23.8 Å². The molecule has 2 N–H and O–H groups in total. The largest absolute Gasteiger partial charge is 0.508 e. The summed E-state index contributed by atoms with van der Waals surface area (Å²) in [7, 11) is 0. The number of ketones is 1. The highest BCUT2D eigenvalue weighted by Gasteiger charge is 2.16. The molecular weight excluding hydrogens is 430 g/mol. The SMILES string of the molecule is CCCCN=Cc1cc(/C=C/C(=O)c2ccc(O)cc2)c2c(ccc3c(C)cc(=O)oc32)c1O. The fourth-order valence-electron chi connectivity index (χ4n) is 3.86. The van der Waals surface area contributed by atoms with Gasteiger partial charge in [0, 0.05) is 46.1 Å². The molecular formula is C28H25NO5. The van der Waals surface area contributed by atoms with Gasteiger partial charge < -0.3 is 14.6 Å². The maximum absolute atomic E-state index is 12.7. The van der Waals surface area contributed by atoms with Crippen LogP contribution in [0.5, 0.6) is 11.5 Å². The topological polar surface area (TPSA) is 100 Å². The number of rotatable bonds is 7. The first-order valence-electron chi connectivity index (χ1n) is 11.1. The molecule has 0 spiro atoms. The number of aromatic hydroxyl groups is 2. The van der Waals surface area contributed by atoms with E-state index in [2.05, 4.69) is 11.9 Å². The van der Waals surface area contributed by atoms with Crippen molar-refractivity contribution < 1.29 is 19.4 Å². The predicted octanol–water partition coefficient (Wildman–Crippen LogP) is 5.78. The van der Waals surface area contributed by atoms with Crippen molar-refractivity contribution >= 4 is 39.8 Å². The van der Waals surface area contributed by atoms with Gasteiger partial charge in [-0.25, -0.2) is 4.79 Å². The molecule has 0 unspecified atom stereocenters. The minimum Gasteiger partial charge on any atom is -0.508 e. The Bertz CT molecular complexity index is 1490. The van der Waals surface area contributed by atoms with Crippen molar-refractivity contribution in [1.82, 2.24) is 0 Å². The van der Waals surface area contributed by atoms with E-state index < -0.39 is 5.63 Å². The lowest BCUT2D eigenvalue weighted by molar-refractivity contribution is 0.104. The lowest BCUT2D eigenvalue weighted by Gasteiger charge is -2.12. The van der Waals surface area contributed by atoms with Crippen LogP contribution in [0.15, 0.2) is 68.8 Å². The number of hydrogen-bond donors (Lipinski definition) is 2. The van der Waals surface area contributed by atoms with Crippen LogP contribution in [-0.4, -0.2) is 28.8 Å². The predicted molar refractivity (Wildman–Crippen MR) is 135 cm³/mol. The number of allylic oxidation sites excluding steroid dienone is 1. The first kappa shape index (κ1) is 23.0. The number of aryl methyl sites for hydroxylation is 1. The van der Waals surface area contributed by atoms with E-state index in [0.29, 0.717) is 39.6 Å². The van der Waals surface area contributed by atoms with E-state index in [-0.39, 0.29) is 17.3 Å². The Morgan fingerprint density at radius 3 is 2.50 bits per heavy atom. The summed E-state index contributed by atoms with van der Waals surface area (Å²) in [5, 5.41) is 22.2. The summed E-state index contributed by atoms with van der Waals surface area (Å²) in [6.07, 6.45) is 6.64. The van der Waals surface area contributed by atoms with Gasteiger partial charge in [-0.2, -0.15) is 0 Å². The van der Waals surface area contributed by atoms with E-state index in [1.807, 2.05) is 13.0 Å². The maximum Gasteiger partial charge on any atom is 0.336 e. The lowest BCUT2D eigenvalue weighted by atomic mass is 9.96. The van der Waals surface area contributed by atoms with Crippen LogP contribution in [0.2, 0.25) is 0 Å². The molecule has 0 saturated carbocycles. The third-order valence-electron chi connectivity index (χ3n) is 5.69. The highest BCUT2D eigenvalue weighted by atomic mass is 16.4. The summed E-state index contributed by atoms with van der Waals surface area (Å²) < 4.78 is 5.56. The van der Waals surface area contributed by atoms with Crippen LogP contribution in [0, 0.1) is 6.92 Å². The van der Waals surface area contributed by atoms with Crippen LogP contribution in [0.3, 0.4) is 0 Å². The van der Waals surface area contributed by atoms with Gasteiger partial charge in [-0.1, -0.05) is 25.5 Å². The Hall–Kier alpha value is -4.19. The van der Waals surface area contributed by atoms with Crippen molar-refractivity contribution in [1.29, 1.82) is 0 Å². The van der Waals surface area contributed by atoms with Crippen molar-refractivity contribution in [3.63, 3.8) is 0 Å². The van der Waals surface area contributed by atoms with Crippen molar-refractivity contribution in [2.45, 2.75) is 26.7 Å². The second-order valence-electron chi connectivity index (χ2n) is 8.15. The molecule has 3 aromatic carbocycles. The summed E-state index contributed by atoms with van der Waals surface area (Å²) in [6.45, 7) is 4.55. The van der Waals surface area contributed by atoms with Crippen LogP contribution in [0.4, 0.5) is 0 Å². The molecule has 0 fully saturated rings. The monoisotopic (exact) mass is 455 g/mol. The van der Waals surface area contributed by atoms with E-state index in [1.54, 1.807) is 36.6 Å². The Morgan fingerprint density at radius 1 is 1.03 bits per heavy atom. The number of nitrogens with zero attached hydrogens (tertiary/aromatic N) is 1. The number of phenols is 2. The molecule has 1 aromatic heterocycles. The van der Waals surface area contributed by atoms with E-state index >= 15 is 0 Å². The van der Waals surface area contributed by atoms with Crippen LogP contribution in [0.25, 0.3) is 27.8 Å². The van der Waals surface area contributed by atoms with E-state index in [4.69, 9.17) is 4.42 Å². The minimum absolute atomic E-state index is 0.0308. The maximum atomic E-state index is 12.7. The van der Waals surface area contributed by atoms with Gasteiger partial charge in [-0.05, 0) is 66.9 Å². The lowest BCUT2D eigenvalue weighted by Crippen LogP contribution is -1.99. The first-order valence-corrected chi connectivity index (χ1v) is 11.1. The van der Waals surface area contributed by atoms with Crippen LogP contribution >= 0.6 is 0 Å². The van der Waals surface area contributed by atoms with Crippen LogP contribution < -0.4 is 5.63 Å². The molecule has 172 valence electrons. The molecule has 0 atom stereocenters. The van der Waals surface area contributed by atoms with Crippen molar-refractivity contribution in [3.05, 3.63) is 87.3 Å². The number of aliphatic imine (C=N–C) groups is 1. The Kier molecular flexibility index (Phi) is 6.59. The number of unbranched alkanes of at least 4 members (excludes halogenated alkanes) is 1. The molecule has 1 heterocycles. The van der Waals surface area contributed by atoms with E-state index in [9.17, 15) is 19.8 Å². The van der Waals surface area contributed by atoms with Gasteiger partial charge in [-0.15, -0.1) is 0 Å². The molecule has 0 aliphatic rings. The second-order valence-corrected chi connectivity index (χ2v) is 8.15. The summed E-state index contributed by atoms with van der Waals surface area (Å²) >= 11 is 0. The van der Waals surface area contributed by atoms with Crippen LogP contribution in [-0.2, 0) is 0 Å². The zero-order chi connectivity index (χ0) is 24.2. The summed E-state index contributed by atoms with van der Waals surface area (Å²) in [4.78, 5) is 29.3. The highest BCUT2D eigenvalue weighted by Crippen LogP contribution is 2.37. The number of carbonyl (C=O) groups excluding carboxylic acids is 1. The molecule has 4 aromatic rings. The van der Waals surface area contributed by atoms with Gasteiger partial charge in [0.25, 0.3) is 0 Å². The molecule has 6 nitrogen and oxygen atoms in total. The molecule has 4 rings (SSSR count). The quantitative estimate of drug-likeness (QED) is 0.0919. The van der Waals surface area contributed by atoms with Gasteiger partial charge in [-0.3, -0.25) is 9.79 Å². The number of fused-ring (bicyclic) bond motifs is 3. The molecule has 34 heavy (non-hydrogen) atoms. The van der Waals surface area contributed by atoms with Gasteiger partial charge in [0.15, 0.2) is 5.78 Å². The van der Waals surface area contributed by atoms with Gasteiger partial charge in [0.05, 0.1) is 0 Å². The zero-order valence-electron chi connectivity index (χ0n) is 19.0. The summed E-state index contributed by atoms with van der Waals surface area (Å²) in [6, 6.07) is 12.7. The zero-order valence-corrected chi connectivity index (χ0v) is 19.0. The number of hydrogen-bond acceptors (Lipinski definition) is 6. The Morgan fingerprint density at radius 2 is 1.76 bits per heavy atom. The van der Waals surface area contributed by atoms with Gasteiger partial charge in [0.1, 0.15) is 17.1 Å². The minimum atomic E-state index is -0.489. The fourth-order valence-corrected chi connectivity index (χ4v) is 3.86. The summed E-state index contributed by atoms with van der Waals surface area (Å²) in [5.41, 5.74) is 2.16. The molecule has 0 bridgehead atoms. The molecule has 0 radical (unpaired) electrons. The Labute approximate surface area is 196 Å². The highest BCUT2D eigenvalue weighted by molar-refractivity contribution is 6.15. The van der Waals surface area contributed by atoms with Crippen molar-refractivity contribution in [2.75, 3.05) is 6.54 Å². The first-order chi connectivity index (χ1) is 16.4. The molecule has 6 heteroatoms. The normalized spacial score (nSPS) is 11.8. The van der Waals surface area contributed by atoms with Crippen molar-refractivity contribution in [3.8, 4) is 11.5 Å². The third kappa shape index (κ3) is 4.62. The van der Waals surface area contributed by atoms with Crippen LogP contribution in [0.1, 0.15) is 46.8 Å². The smallest absolute Gasteiger partial charge is 0.336 e. The van der Waals surface area contributed by atoms with Gasteiger partial charge >= 0.3 is 5.63 Å². The third-order valence-corrected chi connectivity index (χ3v) is 5.69. The van der Waals surface area contributed by atoms with E-state index in [1.165, 1.54) is 24.3 Å². The summed E-state index contributed by atoms with van der Waals surface area (Å²) in [5.74, 6) is -0.144. The standard InChI is InChI=1S/C28H25NO5/c1-3-4-13-29-16-20-15-19(7-12-24(31)18-5-8-21(30)9-6-18)26-23(27(20)33)11-10-22-17(2)14-25(32)34-28(22)26/h5-12,14-16,30,33H,3-4,13H2,1-2H3/b12-7+,29-16?. The average Bonchev–Trinajstić information content (AvgIpc) is 2.82. The molecule has 0 saturated heterocycles. The molecule has 0 amide bonds. The van der Waals surface area contributed by atoms with Gasteiger partial charge in [0.2, 0.25) is 0 Å². The second kappa shape index (κ2) is 9.75. The fraction of sp³-hybridized carbons (Fsp3) is 0.179. The number of carbonyl (C=O) groups is 1. The average molecular weight is 456 g/mol. The number of phenolic OH excluding ortho intramolecular Hbond substituents is 2. The molecule has 0 aliphatic heterocycles. The van der Waals surface area contributed by atoms with Crippen molar-refractivity contribution in [2.24, 2.45) is 4.99 Å².